The summed E-state index contributed by atoms with van der Waals surface area (Å²) in [7, 11) is -4.98. The Bertz CT molecular complexity index is 224. The van der Waals surface area contributed by atoms with Gasteiger partial charge in [0.25, 0.3) is 0 Å². The molecular weight excluding hydrogens is 177 g/mol. The molecule has 0 fully saturated rings. The molecule has 0 saturated carbocycles. The van der Waals surface area contributed by atoms with Gasteiger partial charge in [0.05, 0.1) is 6.61 Å². The average molecular weight is 185 g/mol. The molecule has 0 heterocycles. The van der Waals surface area contributed by atoms with E-state index in [9.17, 15) is 17.1 Å². The van der Waals surface area contributed by atoms with E-state index in [1.165, 1.54) is 0 Å². The Labute approximate surface area is 63.9 Å². The highest BCUT2D eigenvalue weighted by Crippen LogP contribution is 1.87. The molecule has 0 saturated heterocycles. The molecule has 0 atom stereocenters. The minimum atomic E-state index is -4.98. The van der Waals surface area contributed by atoms with E-state index in [0.29, 0.717) is 6.42 Å². The van der Waals surface area contributed by atoms with Crippen molar-refractivity contribution in [3.05, 3.63) is 0 Å². The van der Waals surface area contributed by atoms with Crippen molar-refractivity contribution in [2.24, 2.45) is 0 Å². The third-order valence-corrected chi connectivity index (χ3v) is 1.05. The molecule has 0 spiro atoms. The first kappa shape index (κ1) is 10.2. The molecule has 0 unspecified atom stereocenters. The fourth-order valence-corrected chi connectivity index (χ4v) is 0.582. The van der Waals surface area contributed by atoms with E-state index in [-0.39, 0.29) is 6.61 Å². The summed E-state index contributed by atoms with van der Waals surface area (Å²) in [5.41, 5.74) is 0. The number of nitrogens with one attached hydrogen (secondary N) is 1. The molecule has 0 bridgehead atoms. The van der Waals surface area contributed by atoms with Gasteiger partial charge in [-0.2, -0.15) is 13.1 Å². The summed E-state index contributed by atoms with van der Waals surface area (Å²) in [4.78, 5) is 10.3. The molecule has 0 radical (unpaired) electrons. The highest BCUT2D eigenvalue weighted by Gasteiger charge is 2.11. The van der Waals surface area contributed by atoms with Crippen LogP contribution in [-0.2, 0) is 15.1 Å². The van der Waals surface area contributed by atoms with Crippen molar-refractivity contribution in [2.75, 3.05) is 6.61 Å². The molecule has 0 rings (SSSR count). The Morgan fingerprint density at radius 2 is 2.18 bits per heavy atom. The molecule has 1 N–H and O–H groups in total. The number of carbonyl (C=O) groups is 1. The number of hydrogen-bond donors (Lipinski definition) is 1. The standard InChI is InChI=1S/C4H8FNO4S/c1-2-3-10-4(7)6-11(5,8)9/h2-3H2,1H3,(H,6,7). The van der Waals surface area contributed by atoms with Crippen molar-refractivity contribution in [1.82, 2.24) is 4.72 Å². The van der Waals surface area contributed by atoms with Crippen LogP contribution in [0.15, 0.2) is 0 Å². The topological polar surface area (TPSA) is 72.5 Å². The largest absolute Gasteiger partial charge is 0.449 e. The third kappa shape index (κ3) is 7.04. The van der Waals surface area contributed by atoms with Crippen molar-refractivity contribution >= 4 is 16.5 Å². The Kier molecular flexibility index (Phi) is 3.80. The van der Waals surface area contributed by atoms with Crippen molar-refractivity contribution in [3.8, 4) is 0 Å². The number of ether oxygens (including phenoxy) is 1. The van der Waals surface area contributed by atoms with E-state index in [0.717, 1.165) is 4.72 Å². The number of amides is 1. The summed E-state index contributed by atoms with van der Waals surface area (Å²) in [6.45, 7) is 1.78. The van der Waals surface area contributed by atoms with E-state index in [1.807, 2.05) is 0 Å². The maximum absolute atomic E-state index is 11.6. The van der Waals surface area contributed by atoms with Gasteiger partial charge in [-0.3, -0.25) is 0 Å². The fourth-order valence-electron chi connectivity index (χ4n) is 0.324. The predicted molar refractivity (Wildman–Crippen MR) is 34.8 cm³/mol. The maximum Gasteiger partial charge on any atom is 0.422 e. The molecule has 0 aromatic rings. The summed E-state index contributed by atoms with van der Waals surface area (Å²) in [6.07, 6.45) is -0.755. The van der Waals surface area contributed by atoms with Gasteiger partial charge in [-0.15, -0.1) is 0 Å². The van der Waals surface area contributed by atoms with Crippen LogP contribution in [0.25, 0.3) is 0 Å². The SMILES string of the molecule is CCCOC(=O)NS(=O)(=O)F. The Hall–Kier alpha value is -0.850. The second-order valence-corrected chi connectivity index (χ2v) is 2.76. The molecule has 0 aromatic carbocycles. The molecule has 0 aliphatic carbocycles. The lowest BCUT2D eigenvalue weighted by Gasteiger charge is -2.00. The Morgan fingerprint density at radius 1 is 1.64 bits per heavy atom. The van der Waals surface area contributed by atoms with Gasteiger partial charge in [-0.05, 0) is 6.42 Å². The summed E-state index contributed by atoms with van der Waals surface area (Å²) < 4.78 is 36.3. The fraction of sp³-hybridized carbons (Fsp3) is 0.750. The second-order valence-electron chi connectivity index (χ2n) is 1.68. The zero-order valence-electron chi connectivity index (χ0n) is 5.83. The molecule has 0 aromatic heterocycles. The third-order valence-electron chi connectivity index (χ3n) is 0.643. The van der Waals surface area contributed by atoms with Gasteiger partial charge in [-0.1, -0.05) is 10.8 Å². The molecular formula is C4H8FNO4S. The van der Waals surface area contributed by atoms with Crippen molar-refractivity contribution < 1.29 is 21.8 Å². The van der Waals surface area contributed by atoms with E-state index < -0.39 is 16.5 Å². The van der Waals surface area contributed by atoms with E-state index in [4.69, 9.17) is 0 Å². The Balaban J connectivity index is 3.71. The summed E-state index contributed by atoms with van der Waals surface area (Å²) >= 11 is 0. The van der Waals surface area contributed by atoms with Crippen LogP contribution in [0.2, 0.25) is 0 Å². The zero-order valence-corrected chi connectivity index (χ0v) is 6.65. The number of halogens is 1. The lowest BCUT2D eigenvalue weighted by molar-refractivity contribution is 0.152. The second kappa shape index (κ2) is 4.12. The van der Waals surface area contributed by atoms with Crippen LogP contribution in [0.1, 0.15) is 13.3 Å². The molecule has 0 aliphatic heterocycles. The summed E-state index contributed by atoms with van der Waals surface area (Å²) in [5, 5.41) is 0. The van der Waals surface area contributed by atoms with E-state index >= 15 is 0 Å². The van der Waals surface area contributed by atoms with Crippen molar-refractivity contribution in [2.45, 2.75) is 13.3 Å². The van der Waals surface area contributed by atoms with Crippen LogP contribution in [0.4, 0.5) is 8.68 Å². The lowest BCUT2D eigenvalue weighted by atomic mass is 10.5. The minimum absolute atomic E-state index is 0.0569. The number of hydrogen-bond acceptors (Lipinski definition) is 4. The summed E-state index contributed by atoms with van der Waals surface area (Å²) in [6, 6.07) is 0. The van der Waals surface area contributed by atoms with Gasteiger partial charge in [0.15, 0.2) is 0 Å². The van der Waals surface area contributed by atoms with Crippen LogP contribution in [0, 0.1) is 0 Å². The highest BCUT2D eigenvalue weighted by molar-refractivity contribution is 7.84. The van der Waals surface area contributed by atoms with Gasteiger partial charge < -0.3 is 4.74 Å². The van der Waals surface area contributed by atoms with Crippen molar-refractivity contribution in [1.29, 1.82) is 0 Å². The molecule has 66 valence electrons. The predicted octanol–water partition coefficient (Wildman–Crippen LogP) is 0.337. The van der Waals surface area contributed by atoms with Crippen molar-refractivity contribution in [3.63, 3.8) is 0 Å². The molecule has 7 heteroatoms. The first-order chi connectivity index (χ1) is 4.95. The summed E-state index contributed by atoms with van der Waals surface area (Å²) in [5.74, 6) is 0. The van der Waals surface area contributed by atoms with Gasteiger partial charge in [0.2, 0.25) is 0 Å². The first-order valence-corrected chi connectivity index (χ1v) is 4.23. The van der Waals surface area contributed by atoms with Crippen LogP contribution in [0.5, 0.6) is 0 Å². The van der Waals surface area contributed by atoms with E-state index in [1.54, 1.807) is 6.92 Å². The molecule has 11 heavy (non-hydrogen) atoms. The first-order valence-electron chi connectivity index (χ1n) is 2.85. The Morgan fingerprint density at radius 3 is 2.55 bits per heavy atom. The number of carbonyl (C=O) groups excluding carboxylic acids is 1. The van der Waals surface area contributed by atoms with Gasteiger partial charge >= 0.3 is 16.5 Å². The van der Waals surface area contributed by atoms with Gasteiger partial charge in [0.1, 0.15) is 0 Å². The van der Waals surface area contributed by atoms with Gasteiger partial charge in [0, 0.05) is 0 Å². The van der Waals surface area contributed by atoms with Gasteiger partial charge in [-0.25, -0.2) is 4.79 Å². The normalized spacial score (nSPS) is 10.7. The van der Waals surface area contributed by atoms with E-state index in [2.05, 4.69) is 4.74 Å². The lowest BCUT2D eigenvalue weighted by Crippen LogP contribution is -2.28. The quantitative estimate of drug-likeness (QED) is 0.643. The number of rotatable bonds is 3. The zero-order chi connectivity index (χ0) is 8.91. The average Bonchev–Trinajstić information content (AvgIpc) is 1.79. The smallest absolute Gasteiger partial charge is 0.422 e. The molecule has 0 aliphatic rings. The van der Waals surface area contributed by atoms with Crippen LogP contribution in [-0.4, -0.2) is 21.1 Å². The van der Waals surface area contributed by atoms with Crippen LogP contribution in [0.3, 0.4) is 0 Å². The maximum atomic E-state index is 11.6. The molecule has 5 nitrogen and oxygen atoms in total. The van der Waals surface area contributed by atoms with Crippen LogP contribution >= 0.6 is 0 Å². The monoisotopic (exact) mass is 185 g/mol. The molecule has 1 amide bonds. The minimum Gasteiger partial charge on any atom is -0.449 e. The highest BCUT2D eigenvalue weighted by atomic mass is 32.3. The van der Waals surface area contributed by atoms with Crippen LogP contribution < -0.4 is 4.72 Å².